The summed E-state index contributed by atoms with van der Waals surface area (Å²) in [7, 11) is 0. The molecule has 3 aromatic heterocycles. The Kier molecular flexibility index (Phi) is 3.23. The van der Waals surface area contributed by atoms with Crippen LogP contribution in [0.1, 0.15) is 24.3 Å². The van der Waals surface area contributed by atoms with Gasteiger partial charge in [0.25, 0.3) is 0 Å². The fourth-order valence-corrected chi connectivity index (χ4v) is 3.09. The zero-order chi connectivity index (χ0) is 16.6. The van der Waals surface area contributed by atoms with Crippen LogP contribution in [0.15, 0.2) is 67.1 Å². The second-order valence-corrected chi connectivity index (χ2v) is 6.37. The van der Waals surface area contributed by atoms with E-state index in [0.717, 1.165) is 28.4 Å². The van der Waals surface area contributed by atoms with Gasteiger partial charge in [0, 0.05) is 23.4 Å². The third kappa shape index (κ3) is 2.63. The number of pyridine rings is 1. The zero-order valence-electron chi connectivity index (χ0n) is 13.6. The Bertz CT molecular complexity index is 1020. The van der Waals surface area contributed by atoms with E-state index in [1.165, 1.54) is 18.4 Å². The zero-order valence-corrected chi connectivity index (χ0v) is 13.6. The summed E-state index contributed by atoms with van der Waals surface area (Å²) in [5.41, 5.74) is 5.16. The minimum atomic E-state index is 0.599. The summed E-state index contributed by atoms with van der Waals surface area (Å²) in [6, 6.07) is 16.2. The normalized spacial score (nSPS) is 13.9. The van der Waals surface area contributed by atoms with Crippen molar-refractivity contribution in [1.82, 2.24) is 19.6 Å². The maximum Gasteiger partial charge on any atom is 0.161 e. The molecule has 0 amide bonds. The first-order chi connectivity index (χ1) is 12.4. The van der Waals surface area contributed by atoms with Crippen molar-refractivity contribution in [3.8, 4) is 11.3 Å². The number of benzene rings is 1. The second-order valence-electron chi connectivity index (χ2n) is 6.37. The number of fused-ring (bicyclic) bond motifs is 1. The molecule has 0 atom stereocenters. The Morgan fingerprint density at radius 3 is 2.64 bits per heavy atom. The summed E-state index contributed by atoms with van der Waals surface area (Å²) in [5, 5.41) is 8.01. The molecule has 1 aliphatic carbocycles. The second kappa shape index (κ2) is 5.70. The molecule has 1 aliphatic rings. The van der Waals surface area contributed by atoms with Crippen LogP contribution in [-0.2, 0) is 0 Å². The number of nitrogens with zero attached hydrogens (tertiary/aromatic N) is 4. The van der Waals surface area contributed by atoms with Crippen LogP contribution in [0.4, 0.5) is 11.5 Å². The van der Waals surface area contributed by atoms with E-state index in [1.54, 1.807) is 12.4 Å². The third-order valence-electron chi connectivity index (χ3n) is 4.52. The van der Waals surface area contributed by atoms with Crippen molar-refractivity contribution in [3.63, 3.8) is 0 Å². The highest BCUT2D eigenvalue weighted by atomic mass is 15.3. The number of rotatable bonds is 4. The molecular weight excluding hydrogens is 310 g/mol. The molecule has 0 unspecified atom stereocenters. The van der Waals surface area contributed by atoms with Gasteiger partial charge in [0.2, 0.25) is 0 Å². The molecule has 122 valence electrons. The summed E-state index contributed by atoms with van der Waals surface area (Å²) in [6.45, 7) is 0. The number of hydrogen-bond acceptors (Lipinski definition) is 4. The van der Waals surface area contributed by atoms with Crippen LogP contribution >= 0.6 is 0 Å². The predicted molar refractivity (Wildman–Crippen MR) is 97.9 cm³/mol. The standard InChI is InChI=1S/C20H17N5/c1-2-5-15(6-3-1)18-11-19(23-16-7-4-10-21-12-16)25-20(24-18)17(13-22-25)14-8-9-14/h1-7,10-14,23H,8-9H2. The van der Waals surface area contributed by atoms with Crippen molar-refractivity contribution in [3.05, 3.63) is 72.7 Å². The van der Waals surface area contributed by atoms with Gasteiger partial charge in [0.15, 0.2) is 5.65 Å². The van der Waals surface area contributed by atoms with Crippen molar-refractivity contribution < 1.29 is 0 Å². The molecule has 0 bridgehead atoms. The van der Waals surface area contributed by atoms with Crippen LogP contribution in [0.25, 0.3) is 16.9 Å². The van der Waals surface area contributed by atoms with Crippen LogP contribution in [0, 0.1) is 0 Å². The molecule has 1 saturated carbocycles. The fourth-order valence-electron chi connectivity index (χ4n) is 3.09. The summed E-state index contributed by atoms with van der Waals surface area (Å²) < 4.78 is 1.90. The molecule has 0 aliphatic heterocycles. The Morgan fingerprint density at radius 1 is 1.00 bits per heavy atom. The van der Waals surface area contributed by atoms with E-state index >= 15 is 0 Å². The molecule has 1 fully saturated rings. The lowest BCUT2D eigenvalue weighted by atomic mass is 10.1. The van der Waals surface area contributed by atoms with E-state index in [4.69, 9.17) is 4.98 Å². The highest BCUT2D eigenvalue weighted by Gasteiger charge is 2.28. The van der Waals surface area contributed by atoms with Gasteiger partial charge < -0.3 is 5.32 Å². The van der Waals surface area contributed by atoms with Crippen LogP contribution in [0.2, 0.25) is 0 Å². The maximum absolute atomic E-state index is 4.91. The van der Waals surface area contributed by atoms with Gasteiger partial charge in [-0.15, -0.1) is 0 Å². The van der Waals surface area contributed by atoms with Crippen molar-refractivity contribution in [2.75, 3.05) is 5.32 Å². The molecule has 25 heavy (non-hydrogen) atoms. The lowest BCUT2D eigenvalue weighted by Crippen LogP contribution is -2.03. The first-order valence-electron chi connectivity index (χ1n) is 8.49. The number of nitrogens with one attached hydrogen (secondary N) is 1. The van der Waals surface area contributed by atoms with Gasteiger partial charge in [-0.1, -0.05) is 30.3 Å². The summed E-state index contributed by atoms with van der Waals surface area (Å²) in [5.74, 6) is 1.49. The smallest absolute Gasteiger partial charge is 0.161 e. The fraction of sp³-hybridized carbons (Fsp3) is 0.150. The largest absolute Gasteiger partial charge is 0.339 e. The molecule has 0 radical (unpaired) electrons. The van der Waals surface area contributed by atoms with E-state index < -0.39 is 0 Å². The lowest BCUT2D eigenvalue weighted by Gasteiger charge is -2.11. The van der Waals surface area contributed by atoms with E-state index in [1.807, 2.05) is 47.1 Å². The lowest BCUT2D eigenvalue weighted by molar-refractivity contribution is 0.948. The number of hydrogen-bond donors (Lipinski definition) is 1. The van der Waals surface area contributed by atoms with Gasteiger partial charge >= 0.3 is 0 Å². The van der Waals surface area contributed by atoms with Gasteiger partial charge in [-0.25, -0.2) is 4.98 Å². The highest BCUT2D eigenvalue weighted by molar-refractivity contribution is 5.70. The van der Waals surface area contributed by atoms with Crippen molar-refractivity contribution in [1.29, 1.82) is 0 Å². The Hall–Kier alpha value is -3.21. The summed E-state index contributed by atoms with van der Waals surface area (Å²) in [6.07, 6.45) is 7.98. The molecule has 5 nitrogen and oxygen atoms in total. The van der Waals surface area contributed by atoms with Crippen LogP contribution in [0.5, 0.6) is 0 Å². The summed E-state index contributed by atoms with van der Waals surface area (Å²) in [4.78, 5) is 9.09. The quantitative estimate of drug-likeness (QED) is 0.603. The average molecular weight is 327 g/mol. The Balaban J connectivity index is 1.69. The van der Waals surface area contributed by atoms with E-state index in [0.29, 0.717) is 5.92 Å². The van der Waals surface area contributed by atoms with Crippen LogP contribution < -0.4 is 5.32 Å². The van der Waals surface area contributed by atoms with E-state index in [9.17, 15) is 0 Å². The van der Waals surface area contributed by atoms with Crippen molar-refractivity contribution in [2.24, 2.45) is 0 Å². The van der Waals surface area contributed by atoms with Crippen LogP contribution in [-0.4, -0.2) is 19.6 Å². The number of anilines is 2. The first-order valence-corrected chi connectivity index (χ1v) is 8.49. The molecule has 5 heteroatoms. The predicted octanol–water partition coefficient (Wildman–Crippen LogP) is 4.41. The Labute approximate surface area is 145 Å². The molecule has 4 aromatic rings. The molecular formula is C20H17N5. The molecule has 5 rings (SSSR count). The SMILES string of the molecule is c1ccc(-c2cc(Nc3cccnc3)n3ncc(C4CC4)c3n2)cc1. The molecule has 0 spiro atoms. The van der Waals surface area contributed by atoms with Gasteiger partial charge in [-0.2, -0.15) is 9.61 Å². The van der Waals surface area contributed by atoms with E-state index in [2.05, 4.69) is 27.5 Å². The third-order valence-corrected chi connectivity index (χ3v) is 4.52. The topological polar surface area (TPSA) is 55.1 Å². The molecule has 0 saturated heterocycles. The molecule has 3 heterocycles. The van der Waals surface area contributed by atoms with Gasteiger partial charge in [0.05, 0.1) is 23.8 Å². The van der Waals surface area contributed by atoms with Crippen molar-refractivity contribution >= 4 is 17.2 Å². The highest BCUT2D eigenvalue weighted by Crippen LogP contribution is 2.42. The minimum Gasteiger partial charge on any atom is -0.339 e. The maximum atomic E-state index is 4.91. The van der Waals surface area contributed by atoms with E-state index in [-0.39, 0.29) is 0 Å². The minimum absolute atomic E-state index is 0.599. The monoisotopic (exact) mass is 327 g/mol. The van der Waals surface area contributed by atoms with Gasteiger partial charge in [0.1, 0.15) is 5.82 Å². The molecule has 1 aromatic carbocycles. The van der Waals surface area contributed by atoms with Crippen LogP contribution in [0.3, 0.4) is 0 Å². The van der Waals surface area contributed by atoms with Crippen molar-refractivity contribution in [2.45, 2.75) is 18.8 Å². The Morgan fingerprint density at radius 2 is 1.88 bits per heavy atom. The number of aromatic nitrogens is 4. The molecule has 1 N–H and O–H groups in total. The van der Waals surface area contributed by atoms with Gasteiger partial charge in [-0.05, 0) is 30.9 Å². The van der Waals surface area contributed by atoms with Gasteiger partial charge in [-0.3, -0.25) is 4.98 Å². The summed E-state index contributed by atoms with van der Waals surface area (Å²) >= 11 is 0. The average Bonchev–Trinajstić information content (AvgIpc) is 3.42. The first kappa shape index (κ1) is 14.2.